The minimum Gasteiger partial charge on any atom is -0.507 e. The maximum Gasteiger partial charge on any atom is 0.128 e. The Morgan fingerprint density at radius 2 is 1.86 bits per heavy atom. The highest BCUT2D eigenvalue weighted by Crippen LogP contribution is 2.23. The molecule has 1 N–H and O–H groups in total. The highest BCUT2D eigenvalue weighted by molar-refractivity contribution is 5.86. The van der Waals surface area contributed by atoms with E-state index in [9.17, 15) is 5.11 Å². The fourth-order valence-electron chi connectivity index (χ4n) is 2.03. The summed E-state index contributed by atoms with van der Waals surface area (Å²) in [6.07, 6.45) is 5.19. The minimum absolute atomic E-state index is 0. The molecule has 0 aliphatic rings. The van der Waals surface area contributed by atoms with Crippen molar-refractivity contribution >= 4 is 24.3 Å². The molecule has 0 spiro atoms. The van der Waals surface area contributed by atoms with Crippen LogP contribution in [-0.4, -0.2) is 18.4 Å². The van der Waals surface area contributed by atoms with Gasteiger partial charge in [-0.1, -0.05) is 25.5 Å². The summed E-state index contributed by atoms with van der Waals surface area (Å²) >= 11 is 0. The van der Waals surface area contributed by atoms with Gasteiger partial charge in [0.1, 0.15) is 11.5 Å². The van der Waals surface area contributed by atoms with Gasteiger partial charge in [-0.3, -0.25) is 4.99 Å². The number of benzene rings is 2. The second-order valence-electron chi connectivity index (χ2n) is 4.95. The molecule has 0 saturated heterocycles. The lowest BCUT2D eigenvalue weighted by Gasteiger charge is -2.03. The molecule has 3 nitrogen and oxygen atoms in total. The molecule has 4 heteroatoms. The van der Waals surface area contributed by atoms with Gasteiger partial charge in [0.15, 0.2) is 0 Å². The molecule has 0 unspecified atom stereocenters. The van der Waals surface area contributed by atoms with Crippen LogP contribution in [0.25, 0.3) is 0 Å². The first-order chi connectivity index (χ1) is 10.2. The molecule has 2 aromatic rings. The Bertz CT molecular complexity index is 609. The van der Waals surface area contributed by atoms with Gasteiger partial charge in [0, 0.05) is 17.8 Å². The lowest BCUT2D eigenvalue weighted by molar-refractivity contribution is 0.407. The average Bonchev–Trinajstić information content (AvgIpc) is 2.52. The molecule has 2 rings (SSSR count). The Balaban J connectivity index is 0.00000242. The lowest BCUT2D eigenvalue weighted by atomic mass is 10.1. The monoisotopic (exact) mass is 319 g/mol. The topological polar surface area (TPSA) is 41.8 Å². The summed E-state index contributed by atoms with van der Waals surface area (Å²) in [5, 5.41) is 9.87. The summed E-state index contributed by atoms with van der Waals surface area (Å²) < 4.78 is 5.05. The molecule has 0 amide bonds. The molecular formula is C18H22ClNO2. The smallest absolute Gasteiger partial charge is 0.128 e. The highest BCUT2D eigenvalue weighted by atomic mass is 35.5. The number of aryl methyl sites for hydroxylation is 1. The molecule has 118 valence electrons. The maximum atomic E-state index is 9.87. The van der Waals surface area contributed by atoms with Gasteiger partial charge < -0.3 is 9.84 Å². The van der Waals surface area contributed by atoms with E-state index in [-0.39, 0.29) is 18.2 Å². The number of halogens is 1. The first-order valence-electron chi connectivity index (χ1n) is 7.23. The summed E-state index contributed by atoms with van der Waals surface area (Å²) in [7, 11) is 1.57. The van der Waals surface area contributed by atoms with Crippen molar-refractivity contribution in [2.24, 2.45) is 4.99 Å². The van der Waals surface area contributed by atoms with E-state index in [4.69, 9.17) is 4.74 Å². The van der Waals surface area contributed by atoms with E-state index in [0.29, 0.717) is 11.3 Å². The molecular weight excluding hydrogens is 298 g/mol. The number of aromatic hydroxyl groups is 1. The summed E-state index contributed by atoms with van der Waals surface area (Å²) in [4.78, 5) is 4.39. The zero-order valence-electron chi connectivity index (χ0n) is 13.0. The van der Waals surface area contributed by atoms with Crippen LogP contribution in [0.5, 0.6) is 11.5 Å². The highest BCUT2D eigenvalue weighted by Gasteiger charge is 2.00. The summed E-state index contributed by atoms with van der Waals surface area (Å²) in [5.41, 5.74) is 2.89. The van der Waals surface area contributed by atoms with Crippen molar-refractivity contribution in [3.05, 3.63) is 53.6 Å². The molecule has 0 atom stereocenters. The van der Waals surface area contributed by atoms with E-state index in [0.717, 1.165) is 12.1 Å². The van der Waals surface area contributed by atoms with Gasteiger partial charge in [0.2, 0.25) is 0 Å². The van der Waals surface area contributed by atoms with E-state index >= 15 is 0 Å². The number of hydrogen-bond acceptors (Lipinski definition) is 3. The largest absolute Gasteiger partial charge is 0.507 e. The van der Waals surface area contributed by atoms with Crippen LogP contribution in [-0.2, 0) is 6.42 Å². The van der Waals surface area contributed by atoms with E-state index in [1.807, 2.05) is 12.1 Å². The predicted octanol–water partition coefficient (Wildman–Crippen LogP) is 4.92. The van der Waals surface area contributed by atoms with Crippen molar-refractivity contribution in [2.45, 2.75) is 26.2 Å². The standard InChI is InChI=1S/C18H21NO2.ClH/c1-3-4-5-14-6-9-16(10-7-14)19-13-15-8-11-17(21-2)12-18(15)20;/h6-13,20H,3-5H2,1-2H3;1H. The number of unbranched alkanes of at least 4 members (excludes halogenated alkanes) is 1. The summed E-state index contributed by atoms with van der Waals surface area (Å²) in [6.45, 7) is 2.19. The molecule has 0 radical (unpaired) electrons. The van der Waals surface area contributed by atoms with Crippen molar-refractivity contribution in [3.8, 4) is 11.5 Å². The number of ether oxygens (including phenoxy) is 1. The number of methoxy groups -OCH3 is 1. The Kier molecular flexibility index (Phi) is 7.47. The van der Waals surface area contributed by atoms with Crippen LogP contribution < -0.4 is 4.74 Å². The lowest BCUT2D eigenvalue weighted by Crippen LogP contribution is -1.86. The van der Waals surface area contributed by atoms with Gasteiger partial charge in [0.25, 0.3) is 0 Å². The number of aliphatic imine (C=N–C) groups is 1. The molecule has 0 aromatic heterocycles. The zero-order chi connectivity index (χ0) is 15.1. The Morgan fingerprint density at radius 1 is 1.14 bits per heavy atom. The minimum atomic E-state index is 0. The van der Waals surface area contributed by atoms with Gasteiger partial charge >= 0.3 is 0 Å². The van der Waals surface area contributed by atoms with Crippen LogP contribution in [0.4, 0.5) is 5.69 Å². The summed E-state index contributed by atoms with van der Waals surface area (Å²) in [5.74, 6) is 0.794. The van der Waals surface area contributed by atoms with Crippen molar-refractivity contribution in [2.75, 3.05) is 7.11 Å². The zero-order valence-corrected chi connectivity index (χ0v) is 13.8. The third-order valence-electron chi connectivity index (χ3n) is 3.35. The molecule has 22 heavy (non-hydrogen) atoms. The van der Waals surface area contributed by atoms with E-state index < -0.39 is 0 Å². The Labute approximate surface area is 138 Å². The predicted molar refractivity (Wildman–Crippen MR) is 94.2 cm³/mol. The molecule has 0 saturated carbocycles. The van der Waals surface area contributed by atoms with Crippen molar-refractivity contribution in [1.29, 1.82) is 0 Å². The first kappa shape index (κ1) is 18.1. The van der Waals surface area contributed by atoms with Gasteiger partial charge in [-0.05, 0) is 42.7 Å². The Morgan fingerprint density at radius 3 is 2.45 bits per heavy atom. The van der Waals surface area contributed by atoms with Gasteiger partial charge in [-0.15, -0.1) is 12.4 Å². The quantitative estimate of drug-likeness (QED) is 0.768. The van der Waals surface area contributed by atoms with Gasteiger partial charge in [-0.25, -0.2) is 0 Å². The fraction of sp³-hybridized carbons (Fsp3) is 0.278. The van der Waals surface area contributed by atoms with Crippen LogP contribution in [0.2, 0.25) is 0 Å². The third-order valence-corrected chi connectivity index (χ3v) is 3.35. The second kappa shape index (κ2) is 9.11. The van der Waals surface area contributed by atoms with Crippen LogP contribution >= 0.6 is 12.4 Å². The number of nitrogens with zero attached hydrogens (tertiary/aromatic N) is 1. The number of phenolic OH excluding ortho intramolecular Hbond substituents is 1. The molecule has 2 aromatic carbocycles. The van der Waals surface area contributed by atoms with E-state index in [1.165, 1.54) is 18.4 Å². The van der Waals surface area contributed by atoms with Crippen LogP contribution in [0.15, 0.2) is 47.5 Å². The molecule has 0 aliphatic heterocycles. The van der Waals surface area contributed by atoms with Crippen LogP contribution in [0.1, 0.15) is 30.9 Å². The fourth-order valence-corrected chi connectivity index (χ4v) is 2.03. The number of hydrogen-bond donors (Lipinski definition) is 1. The molecule has 0 aliphatic carbocycles. The van der Waals surface area contributed by atoms with Gasteiger partial charge in [-0.2, -0.15) is 0 Å². The third kappa shape index (κ3) is 5.08. The maximum absolute atomic E-state index is 9.87. The van der Waals surface area contributed by atoms with Crippen molar-refractivity contribution < 1.29 is 9.84 Å². The average molecular weight is 320 g/mol. The van der Waals surface area contributed by atoms with E-state index in [2.05, 4.69) is 24.0 Å². The molecule has 0 heterocycles. The van der Waals surface area contributed by atoms with Gasteiger partial charge in [0.05, 0.1) is 12.8 Å². The molecule has 0 bridgehead atoms. The second-order valence-corrected chi connectivity index (χ2v) is 4.95. The van der Waals surface area contributed by atoms with E-state index in [1.54, 1.807) is 31.5 Å². The van der Waals surface area contributed by atoms with Crippen molar-refractivity contribution in [3.63, 3.8) is 0 Å². The first-order valence-corrected chi connectivity index (χ1v) is 7.23. The molecule has 0 fully saturated rings. The van der Waals surface area contributed by atoms with Crippen molar-refractivity contribution in [1.82, 2.24) is 0 Å². The van der Waals surface area contributed by atoms with Crippen LogP contribution in [0, 0.1) is 0 Å². The number of phenols is 1. The normalized spacial score (nSPS) is 10.5. The SMILES string of the molecule is CCCCc1ccc(N=Cc2ccc(OC)cc2O)cc1.Cl. The van der Waals surface area contributed by atoms with Crippen LogP contribution in [0.3, 0.4) is 0 Å². The Hall–Kier alpha value is -2.00. The number of rotatable bonds is 6. The summed E-state index contributed by atoms with van der Waals surface area (Å²) in [6, 6.07) is 13.4.